The number of carbonyl (C=O) groups is 2. The monoisotopic (exact) mass is 338 g/mol. The molecule has 0 aromatic carbocycles. The van der Waals surface area contributed by atoms with Crippen LogP contribution in [0.2, 0.25) is 0 Å². The van der Waals surface area contributed by atoms with Crippen molar-refractivity contribution in [2.24, 2.45) is 0 Å². The standard InChI is InChI=1S/C14H18N4O4S/c1-2-22-11(19)3-5-15-14(21)16-6-7-18-9-17-10-4-8-23-12(10)13(18)20/h4,8-9H,2-3,5-7H2,1H3,(H2,15,16,21). The Balaban J connectivity index is 1.73. The molecule has 0 atom stereocenters. The van der Waals surface area contributed by atoms with Crippen molar-refractivity contribution in [2.45, 2.75) is 19.9 Å². The summed E-state index contributed by atoms with van der Waals surface area (Å²) in [6, 6.07) is 1.40. The van der Waals surface area contributed by atoms with Crippen LogP contribution in [-0.2, 0) is 16.1 Å². The smallest absolute Gasteiger partial charge is 0.314 e. The predicted octanol–water partition coefficient (Wildman–Crippen LogP) is 0.710. The highest BCUT2D eigenvalue weighted by molar-refractivity contribution is 7.17. The number of aromatic nitrogens is 2. The Bertz CT molecular complexity index is 740. The molecule has 0 bridgehead atoms. The first-order chi connectivity index (χ1) is 11.1. The highest BCUT2D eigenvalue weighted by atomic mass is 32.1. The van der Waals surface area contributed by atoms with Gasteiger partial charge in [0.1, 0.15) is 4.70 Å². The first kappa shape index (κ1) is 16.9. The zero-order chi connectivity index (χ0) is 16.7. The van der Waals surface area contributed by atoms with Gasteiger partial charge in [0.15, 0.2) is 0 Å². The van der Waals surface area contributed by atoms with Crippen molar-refractivity contribution in [1.29, 1.82) is 0 Å². The summed E-state index contributed by atoms with van der Waals surface area (Å²) in [6.45, 7) is 2.85. The third-order valence-electron chi connectivity index (χ3n) is 2.99. The van der Waals surface area contributed by atoms with Gasteiger partial charge in [-0.2, -0.15) is 0 Å². The number of hydrogen-bond acceptors (Lipinski definition) is 6. The SMILES string of the molecule is CCOC(=O)CCNC(=O)NCCn1cnc2ccsc2c1=O. The van der Waals surface area contributed by atoms with E-state index in [1.807, 2.05) is 5.38 Å². The lowest BCUT2D eigenvalue weighted by atomic mass is 10.4. The van der Waals surface area contributed by atoms with Crippen molar-refractivity contribution in [3.8, 4) is 0 Å². The molecule has 2 aromatic heterocycles. The number of urea groups is 1. The molecule has 0 saturated carbocycles. The predicted molar refractivity (Wildman–Crippen MR) is 86.5 cm³/mol. The molecule has 0 unspecified atom stereocenters. The van der Waals surface area contributed by atoms with Crippen LogP contribution in [0.25, 0.3) is 10.2 Å². The van der Waals surface area contributed by atoms with Crippen molar-refractivity contribution < 1.29 is 14.3 Å². The molecule has 8 nitrogen and oxygen atoms in total. The van der Waals surface area contributed by atoms with Crippen molar-refractivity contribution in [3.63, 3.8) is 0 Å². The number of thiophene rings is 1. The Morgan fingerprint density at radius 2 is 2.13 bits per heavy atom. The van der Waals surface area contributed by atoms with Crippen LogP contribution < -0.4 is 16.2 Å². The molecule has 23 heavy (non-hydrogen) atoms. The summed E-state index contributed by atoms with van der Waals surface area (Å²) in [7, 11) is 0. The number of hydrogen-bond donors (Lipinski definition) is 2. The highest BCUT2D eigenvalue weighted by Crippen LogP contribution is 2.12. The van der Waals surface area contributed by atoms with E-state index in [2.05, 4.69) is 15.6 Å². The summed E-state index contributed by atoms with van der Waals surface area (Å²) in [5.41, 5.74) is 0.565. The summed E-state index contributed by atoms with van der Waals surface area (Å²) in [4.78, 5) is 39.0. The maximum absolute atomic E-state index is 12.1. The first-order valence-electron chi connectivity index (χ1n) is 7.21. The summed E-state index contributed by atoms with van der Waals surface area (Å²) >= 11 is 1.35. The second-order valence-electron chi connectivity index (χ2n) is 4.62. The van der Waals surface area contributed by atoms with Gasteiger partial charge >= 0.3 is 12.0 Å². The van der Waals surface area contributed by atoms with Gasteiger partial charge in [-0.25, -0.2) is 9.78 Å². The molecule has 0 aliphatic heterocycles. The lowest BCUT2D eigenvalue weighted by Crippen LogP contribution is -2.39. The second-order valence-corrected chi connectivity index (χ2v) is 5.53. The van der Waals surface area contributed by atoms with Crippen molar-refractivity contribution in [3.05, 3.63) is 28.1 Å². The third kappa shape index (κ3) is 4.78. The Hall–Kier alpha value is -2.42. The summed E-state index contributed by atoms with van der Waals surface area (Å²) in [5.74, 6) is -0.352. The molecule has 0 saturated heterocycles. The average Bonchev–Trinajstić information content (AvgIpc) is 2.99. The van der Waals surface area contributed by atoms with Crippen LogP contribution in [0.1, 0.15) is 13.3 Å². The van der Waals surface area contributed by atoms with Crippen LogP contribution in [-0.4, -0.2) is 41.2 Å². The van der Waals surface area contributed by atoms with E-state index in [1.54, 1.807) is 13.0 Å². The van der Waals surface area contributed by atoms with E-state index in [0.29, 0.717) is 23.4 Å². The number of nitrogens with one attached hydrogen (secondary N) is 2. The summed E-state index contributed by atoms with van der Waals surface area (Å²) in [5, 5.41) is 6.98. The number of carbonyl (C=O) groups excluding carboxylic acids is 2. The van der Waals surface area contributed by atoms with Gasteiger partial charge < -0.3 is 15.4 Å². The van der Waals surface area contributed by atoms with E-state index < -0.39 is 6.03 Å². The van der Waals surface area contributed by atoms with Crippen LogP contribution in [0.5, 0.6) is 0 Å². The first-order valence-corrected chi connectivity index (χ1v) is 8.09. The zero-order valence-electron chi connectivity index (χ0n) is 12.7. The average molecular weight is 338 g/mol. The molecule has 2 amide bonds. The summed E-state index contributed by atoms with van der Waals surface area (Å²) in [6.07, 6.45) is 1.59. The van der Waals surface area contributed by atoms with Gasteiger partial charge in [0, 0.05) is 19.6 Å². The molecule has 2 rings (SSSR count). The third-order valence-corrected chi connectivity index (χ3v) is 3.89. The second kappa shape index (κ2) is 8.28. The molecule has 2 heterocycles. The van der Waals surface area contributed by atoms with E-state index in [4.69, 9.17) is 4.74 Å². The molecule has 9 heteroatoms. The van der Waals surface area contributed by atoms with Gasteiger partial charge in [-0.05, 0) is 18.4 Å². The van der Waals surface area contributed by atoms with Gasteiger partial charge in [0.2, 0.25) is 0 Å². The fraction of sp³-hybridized carbons (Fsp3) is 0.429. The Morgan fingerprint density at radius 3 is 2.91 bits per heavy atom. The number of ether oxygens (including phenoxy) is 1. The zero-order valence-corrected chi connectivity index (χ0v) is 13.5. The van der Waals surface area contributed by atoms with Gasteiger partial charge in [0.25, 0.3) is 5.56 Å². The van der Waals surface area contributed by atoms with Crippen LogP contribution in [0.15, 0.2) is 22.6 Å². The highest BCUT2D eigenvalue weighted by Gasteiger charge is 2.06. The number of amides is 2. The largest absolute Gasteiger partial charge is 0.466 e. The van der Waals surface area contributed by atoms with Gasteiger partial charge in [-0.1, -0.05) is 0 Å². The molecule has 0 aliphatic rings. The van der Waals surface area contributed by atoms with E-state index in [9.17, 15) is 14.4 Å². The lowest BCUT2D eigenvalue weighted by Gasteiger charge is -2.08. The van der Waals surface area contributed by atoms with E-state index in [0.717, 1.165) is 0 Å². The van der Waals surface area contributed by atoms with Gasteiger partial charge in [0.05, 0.1) is 24.9 Å². The molecule has 0 radical (unpaired) electrons. The Morgan fingerprint density at radius 1 is 1.35 bits per heavy atom. The quantitative estimate of drug-likeness (QED) is 0.724. The van der Waals surface area contributed by atoms with E-state index >= 15 is 0 Å². The maximum atomic E-state index is 12.1. The molecule has 2 aromatic rings. The molecule has 124 valence electrons. The van der Waals surface area contributed by atoms with Crippen LogP contribution in [0.3, 0.4) is 0 Å². The molecule has 2 N–H and O–H groups in total. The van der Waals surface area contributed by atoms with E-state index in [-0.39, 0.29) is 31.0 Å². The maximum Gasteiger partial charge on any atom is 0.314 e. The van der Waals surface area contributed by atoms with Crippen LogP contribution in [0, 0.1) is 0 Å². The normalized spacial score (nSPS) is 10.5. The lowest BCUT2D eigenvalue weighted by molar-refractivity contribution is -0.142. The molecular formula is C14H18N4O4S. The Kier molecular flexibility index (Phi) is 6.10. The minimum atomic E-state index is -0.396. The van der Waals surface area contributed by atoms with Crippen molar-refractivity contribution in [1.82, 2.24) is 20.2 Å². The number of rotatable bonds is 7. The topological polar surface area (TPSA) is 102 Å². The molecular weight excluding hydrogens is 320 g/mol. The number of esters is 1. The fourth-order valence-corrected chi connectivity index (χ4v) is 2.69. The molecule has 0 fully saturated rings. The summed E-state index contributed by atoms with van der Waals surface area (Å²) < 4.78 is 6.81. The molecule has 0 spiro atoms. The Labute approximate surface area is 136 Å². The minimum absolute atomic E-state index is 0.116. The van der Waals surface area contributed by atoms with Crippen molar-refractivity contribution in [2.75, 3.05) is 19.7 Å². The van der Waals surface area contributed by atoms with Gasteiger partial charge in [-0.3, -0.25) is 14.2 Å². The van der Waals surface area contributed by atoms with Crippen LogP contribution >= 0.6 is 11.3 Å². The van der Waals surface area contributed by atoms with Gasteiger partial charge in [-0.15, -0.1) is 11.3 Å². The van der Waals surface area contributed by atoms with Crippen LogP contribution in [0.4, 0.5) is 4.79 Å². The van der Waals surface area contributed by atoms with Crippen molar-refractivity contribution >= 4 is 33.6 Å². The molecule has 0 aliphatic carbocycles. The minimum Gasteiger partial charge on any atom is -0.466 e. The number of nitrogens with zero attached hydrogens (tertiary/aromatic N) is 2. The fourth-order valence-electron chi connectivity index (χ4n) is 1.90. The van der Waals surface area contributed by atoms with E-state index in [1.165, 1.54) is 22.2 Å². The number of fused-ring (bicyclic) bond motifs is 1.